The summed E-state index contributed by atoms with van der Waals surface area (Å²) in [6, 6.07) is 3.51. The molecule has 0 aliphatic carbocycles. The summed E-state index contributed by atoms with van der Waals surface area (Å²) in [6.07, 6.45) is 0. The Kier molecular flexibility index (Phi) is 3.38. The third-order valence-electron chi connectivity index (χ3n) is 1.64. The van der Waals surface area contributed by atoms with Gasteiger partial charge in [0.15, 0.2) is 4.90 Å². The molecule has 9 heteroatoms. The molecule has 1 aromatic rings. The van der Waals surface area contributed by atoms with Crippen molar-refractivity contribution in [2.45, 2.75) is 4.90 Å². The molecule has 1 rings (SSSR count). The normalized spacial score (nSPS) is 10.8. The number of nitro groups is 1. The van der Waals surface area contributed by atoms with Crippen molar-refractivity contribution in [1.29, 1.82) is 5.26 Å². The summed E-state index contributed by atoms with van der Waals surface area (Å²) in [5.41, 5.74) is -1.09. The van der Waals surface area contributed by atoms with E-state index in [1.807, 2.05) is 0 Å². The number of nitrogens with zero attached hydrogens (tertiary/aromatic N) is 2. The fraction of sp³-hybridized carbons (Fsp3) is 0. The predicted molar refractivity (Wildman–Crippen MR) is 55.9 cm³/mol. The number of nitriles is 1. The zero-order valence-electron chi connectivity index (χ0n) is 7.35. The van der Waals surface area contributed by atoms with E-state index < -0.39 is 29.6 Å². The lowest BCUT2D eigenvalue weighted by Crippen LogP contribution is -2.00. The Hall–Kier alpha value is -1.36. The number of benzene rings is 1. The van der Waals surface area contributed by atoms with E-state index in [1.54, 1.807) is 6.07 Å². The molecule has 0 aliphatic heterocycles. The van der Waals surface area contributed by atoms with E-state index in [9.17, 15) is 18.5 Å². The minimum absolute atomic E-state index is 0.197. The number of rotatable bonds is 2. The van der Waals surface area contributed by atoms with Crippen LogP contribution in [0.2, 0.25) is 5.02 Å². The van der Waals surface area contributed by atoms with E-state index in [0.29, 0.717) is 0 Å². The van der Waals surface area contributed by atoms with E-state index in [-0.39, 0.29) is 5.56 Å². The van der Waals surface area contributed by atoms with Gasteiger partial charge >= 0.3 is 5.69 Å². The number of hydrogen-bond donors (Lipinski definition) is 0. The number of nitro benzene ring substituents is 1. The SMILES string of the molecule is N#Cc1ccc(S(=O)(=O)Cl)c([N+](=O)[O-])c1Cl. The Morgan fingerprint density at radius 2 is 2.00 bits per heavy atom. The largest absolute Gasteiger partial charge is 0.309 e. The van der Waals surface area contributed by atoms with E-state index in [0.717, 1.165) is 12.1 Å². The van der Waals surface area contributed by atoms with Gasteiger partial charge in [0.05, 0.1) is 10.5 Å². The number of hydrogen-bond acceptors (Lipinski definition) is 5. The van der Waals surface area contributed by atoms with Crippen molar-refractivity contribution in [1.82, 2.24) is 0 Å². The van der Waals surface area contributed by atoms with Crippen LogP contribution >= 0.6 is 22.3 Å². The van der Waals surface area contributed by atoms with Gasteiger partial charge in [0.25, 0.3) is 9.05 Å². The monoisotopic (exact) mass is 280 g/mol. The maximum atomic E-state index is 11.0. The zero-order valence-corrected chi connectivity index (χ0v) is 9.67. The Balaban J connectivity index is 3.76. The molecule has 84 valence electrons. The molecule has 0 radical (unpaired) electrons. The van der Waals surface area contributed by atoms with Gasteiger partial charge in [0.2, 0.25) is 0 Å². The quantitative estimate of drug-likeness (QED) is 0.469. The summed E-state index contributed by atoms with van der Waals surface area (Å²) < 4.78 is 22.1. The van der Waals surface area contributed by atoms with Crippen LogP contribution in [0.25, 0.3) is 0 Å². The van der Waals surface area contributed by atoms with Crippen LogP contribution in [0.5, 0.6) is 0 Å². The van der Waals surface area contributed by atoms with Gasteiger partial charge < -0.3 is 0 Å². The molecule has 0 fully saturated rings. The lowest BCUT2D eigenvalue weighted by molar-refractivity contribution is -0.387. The molecule has 1 aromatic carbocycles. The van der Waals surface area contributed by atoms with Gasteiger partial charge in [-0.25, -0.2) is 8.42 Å². The van der Waals surface area contributed by atoms with Crippen molar-refractivity contribution in [3.63, 3.8) is 0 Å². The fourth-order valence-corrected chi connectivity index (χ4v) is 2.34. The summed E-state index contributed by atoms with van der Waals surface area (Å²) in [5, 5.41) is 18.7. The molecule has 0 spiro atoms. The van der Waals surface area contributed by atoms with Gasteiger partial charge in [-0.05, 0) is 12.1 Å². The smallest absolute Gasteiger partial charge is 0.258 e. The highest BCUT2D eigenvalue weighted by Gasteiger charge is 2.29. The molecule has 0 atom stereocenters. The van der Waals surface area contributed by atoms with Crippen LogP contribution < -0.4 is 0 Å². The maximum Gasteiger partial charge on any atom is 0.309 e. The van der Waals surface area contributed by atoms with Crippen LogP contribution in [0, 0.1) is 21.4 Å². The van der Waals surface area contributed by atoms with Crippen LogP contribution in [-0.2, 0) is 9.05 Å². The molecule has 0 unspecified atom stereocenters. The van der Waals surface area contributed by atoms with Crippen LogP contribution in [0.1, 0.15) is 5.56 Å². The molecule has 0 saturated carbocycles. The number of halogens is 2. The summed E-state index contributed by atoms with van der Waals surface area (Å²) >= 11 is 5.53. The third-order valence-corrected chi connectivity index (χ3v) is 3.38. The molecule has 0 saturated heterocycles. The van der Waals surface area contributed by atoms with Gasteiger partial charge in [-0.1, -0.05) is 11.6 Å². The second kappa shape index (κ2) is 4.25. The van der Waals surface area contributed by atoms with Gasteiger partial charge in [0, 0.05) is 10.7 Å². The molecule has 16 heavy (non-hydrogen) atoms. The highest BCUT2D eigenvalue weighted by atomic mass is 35.7. The van der Waals surface area contributed by atoms with Gasteiger partial charge in [-0.2, -0.15) is 5.26 Å². The van der Waals surface area contributed by atoms with Crippen molar-refractivity contribution in [2.24, 2.45) is 0 Å². The molecule has 0 aromatic heterocycles. The Morgan fingerprint density at radius 1 is 1.44 bits per heavy atom. The van der Waals surface area contributed by atoms with Crippen molar-refractivity contribution in [3.05, 3.63) is 32.8 Å². The molecule has 0 N–H and O–H groups in total. The highest BCUT2D eigenvalue weighted by molar-refractivity contribution is 8.13. The first kappa shape index (κ1) is 12.7. The van der Waals surface area contributed by atoms with Crippen LogP contribution in [0.3, 0.4) is 0 Å². The van der Waals surface area contributed by atoms with Crippen molar-refractivity contribution in [2.75, 3.05) is 0 Å². The molecule has 0 aliphatic rings. The second-order valence-electron chi connectivity index (χ2n) is 2.58. The predicted octanol–water partition coefficient (Wildman–Crippen LogP) is 2.05. The van der Waals surface area contributed by atoms with Gasteiger partial charge in [-0.3, -0.25) is 10.1 Å². The van der Waals surface area contributed by atoms with Crippen LogP contribution in [0.15, 0.2) is 17.0 Å². The Morgan fingerprint density at radius 3 is 2.38 bits per heavy atom. The summed E-state index contributed by atoms with van der Waals surface area (Å²) in [5.74, 6) is 0. The standard InChI is InChI=1S/C7H2Cl2N2O4S/c8-6-4(3-10)1-2-5(16(9,14)15)7(6)11(12)13/h1-2H. The topological polar surface area (TPSA) is 101 Å². The van der Waals surface area contributed by atoms with E-state index >= 15 is 0 Å². The first-order valence-electron chi connectivity index (χ1n) is 3.60. The molecule has 6 nitrogen and oxygen atoms in total. The fourth-order valence-electron chi connectivity index (χ4n) is 1.00. The molecule has 0 heterocycles. The van der Waals surface area contributed by atoms with Crippen LogP contribution in [-0.4, -0.2) is 13.3 Å². The van der Waals surface area contributed by atoms with Crippen LogP contribution in [0.4, 0.5) is 5.69 Å². The molecule has 0 bridgehead atoms. The average Bonchev–Trinajstić information content (AvgIpc) is 2.15. The molecular weight excluding hydrogens is 279 g/mol. The van der Waals surface area contributed by atoms with Gasteiger partial charge in [-0.15, -0.1) is 0 Å². The molecular formula is C7H2Cl2N2O4S. The van der Waals surface area contributed by atoms with Crippen molar-refractivity contribution < 1.29 is 13.3 Å². The van der Waals surface area contributed by atoms with E-state index in [2.05, 4.69) is 0 Å². The van der Waals surface area contributed by atoms with E-state index in [1.165, 1.54) is 0 Å². The summed E-state index contributed by atoms with van der Waals surface area (Å²) in [7, 11) is 0.712. The zero-order chi connectivity index (χ0) is 12.5. The second-order valence-corrected chi connectivity index (χ2v) is 5.49. The first-order valence-corrected chi connectivity index (χ1v) is 6.29. The first-order chi connectivity index (χ1) is 7.29. The maximum absolute atomic E-state index is 11.0. The summed E-state index contributed by atoms with van der Waals surface area (Å²) in [4.78, 5) is 8.91. The summed E-state index contributed by atoms with van der Waals surface area (Å²) in [6.45, 7) is 0. The third kappa shape index (κ3) is 2.24. The highest BCUT2D eigenvalue weighted by Crippen LogP contribution is 2.35. The lowest BCUT2D eigenvalue weighted by Gasteiger charge is -2.01. The minimum atomic E-state index is -4.29. The Labute approximate surface area is 99.6 Å². The molecule has 0 amide bonds. The van der Waals surface area contributed by atoms with Gasteiger partial charge in [0.1, 0.15) is 11.1 Å². The minimum Gasteiger partial charge on any atom is -0.258 e. The van der Waals surface area contributed by atoms with E-state index in [4.69, 9.17) is 27.5 Å². The lowest BCUT2D eigenvalue weighted by atomic mass is 10.2. The Bertz CT molecular complexity index is 606. The van der Waals surface area contributed by atoms with Crippen molar-refractivity contribution in [3.8, 4) is 6.07 Å². The average molecular weight is 281 g/mol. The van der Waals surface area contributed by atoms with Crippen molar-refractivity contribution >= 4 is 37.0 Å².